The van der Waals surface area contributed by atoms with Crippen LogP contribution in [0.15, 0.2) is 12.3 Å². The molecule has 7 nitrogen and oxygen atoms in total. The van der Waals surface area contributed by atoms with E-state index in [0.29, 0.717) is 16.4 Å². The van der Waals surface area contributed by atoms with Gasteiger partial charge in [0.25, 0.3) is 5.91 Å². The zero-order valence-corrected chi connectivity index (χ0v) is 11.9. The highest BCUT2D eigenvalue weighted by Crippen LogP contribution is 2.19. The molecule has 2 aromatic rings. The fourth-order valence-electron chi connectivity index (χ4n) is 1.64. The number of anilines is 1. The average Bonchev–Trinajstić information content (AvgIpc) is 2.95. The lowest BCUT2D eigenvalue weighted by molar-refractivity contribution is -0.137. The van der Waals surface area contributed by atoms with E-state index in [-0.39, 0.29) is 12.5 Å². The van der Waals surface area contributed by atoms with E-state index < -0.39 is 5.97 Å². The normalized spacial score (nSPS) is 10.5. The molecule has 20 heavy (non-hydrogen) atoms. The summed E-state index contributed by atoms with van der Waals surface area (Å²) in [6, 6.07) is 1.55. The highest BCUT2D eigenvalue weighted by atomic mass is 32.1. The van der Waals surface area contributed by atoms with Gasteiger partial charge in [-0.3, -0.25) is 14.3 Å². The Morgan fingerprint density at radius 2 is 2.25 bits per heavy atom. The molecular weight excluding hydrogens is 280 g/mol. The minimum Gasteiger partial charge on any atom is -0.480 e. The molecule has 0 aliphatic heterocycles. The lowest BCUT2D eigenvalue weighted by atomic mass is 10.3. The summed E-state index contributed by atoms with van der Waals surface area (Å²) in [7, 11) is 0. The quantitative estimate of drug-likeness (QED) is 0.872. The predicted octanol–water partition coefficient (Wildman–Crippen LogP) is 1.55. The van der Waals surface area contributed by atoms with Gasteiger partial charge in [0, 0.05) is 12.3 Å². The molecular formula is C12H14N4O3S. The molecule has 106 valence electrons. The second-order valence-electron chi connectivity index (χ2n) is 4.12. The maximum Gasteiger partial charge on any atom is 0.325 e. The maximum atomic E-state index is 12.1. The van der Waals surface area contributed by atoms with E-state index in [4.69, 9.17) is 5.11 Å². The summed E-state index contributed by atoms with van der Waals surface area (Å²) >= 11 is 1.35. The first kappa shape index (κ1) is 14.2. The van der Waals surface area contributed by atoms with Gasteiger partial charge in [-0.25, -0.2) is 4.98 Å². The SMILES string of the molecule is CCc1nc(C)c(C(=O)Nc2ccn(CC(=O)O)n2)s1. The molecule has 1 amide bonds. The van der Waals surface area contributed by atoms with Crippen LogP contribution in [0.5, 0.6) is 0 Å². The van der Waals surface area contributed by atoms with Crippen LogP contribution in [0.25, 0.3) is 0 Å². The van der Waals surface area contributed by atoms with Crippen molar-refractivity contribution in [2.75, 3.05) is 5.32 Å². The molecule has 0 aliphatic carbocycles. The number of aliphatic carboxylic acids is 1. The Balaban J connectivity index is 2.09. The van der Waals surface area contributed by atoms with Crippen LogP contribution in [0.2, 0.25) is 0 Å². The second kappa shape index (κ2) is 5.83. The zero-order valence-electron chi connectivity index (χ0n) is 11.1. The van der Waals surface area contributed by atoms with Crippen LogP contribution in [0.1, 0.15) is 27.3 Å². The van der Waals surface area contributed by atoms with E-state index in [2.05, 4.69) is 15.4 Å². The molecule has 0 saturated heterocycles. The fourth-order valence-corrected chi connectivity index (χ4v) is 2.54. The number of hydrogen-bond donors (Lipinski definition) is 2. The summed E-state index contributed by atoms with van der Waals surface area (Å²) in [6.45, 7) is 3.52. The largest absolute Gasteiger partial charge is 0.480 e. The number of nitrogens with one attached hydrogen (secondary N) is 1. The van der Waals surface area contributed by atoms with Crippen LogP contribution in [-0.4, -0.2) is 31.7 Å². The Morgan fingerprint density at radius 3 is 2.85 bits per heavy atom. The monoisotopic (exact) mass is 294 g/mol. The number of aryl methyl sites for hydroxylation is 2. The maximum absolute atomic E-state index is 12.1. The van der Waals surface area contributed by atoms with Crippen LogP contribution in [0.3, 0.4) is 0 Å². The second-order valence-corrected chi connectivity index (χ2v) is 5.21. The number of thiazole rings is 1. The van der Waals surface area contributed by atoms with E-state index in [1.807, 2.05) is 6.92 Å². The Kier molecular flexibility index (Phi) is 4.14. The van der Waals surface area contributed by atoms with Crippen molar-refractivity contribution in [2.45, 2.75) is 26.8 Å². The van der Waals surface area contributed by atoms with Gasteiger partial charge in [0.2, 0.25) is 0 Å². The molecule has 0 bridgehead atoms. The van der Waals surface area contributed by atoms with E-state index in [0.717, 1.165) is 11.4 Å². The molecule has 0 unspecified atom stereocenters. The highest BCUT2D eigenvalue weighted by molar-refractivity contribution is 7.13. The molecule has 8 heteroatoms. The Morgan fingerprint density at radius 1 is 1.50 bits per heavy atom. The first-order valence-electron chi connectivity index (χ1n) is 6.02. The van der Waals surface area contributed by atoms with Crippen molar-refractivity contribution in [3.8, 4) is 0 Å². The molecule has 0 saturated carbocycles. The number of aromatic nitrogens is 3. The first-order valence-corrected chi connectivity index (χ1v) is 6.84. The molecule has 0 radical (unpaired) electrons. The average molecular weight is 294 g/mol. The molecule has 2 N–H and O–H groups in total. The first-order chi connectivity index (χ1) is 9.49. The number of nitrogens with zero attached hydrogens (tertiary/aromatic N) is 3. The van der Waals surface area contributed by atoms with Gasteiger partial charge >= 0.3 is 5.97 Å². The third-order valence-electron chi connectivity index (χ3n) is 2.53. The van der Waals surface area contributed by atoms with Gasteiger partial charge in [-0.15, -0.1) is 11.3 Å². The standard InChI is InChI=1S/C12H14N4O3S/c1-3-9-13-7(2)11(20-9)12(19)14-8-4-5-16(15-8)6-10(17)18/h4-5H,3,6H2,1-2H3,(H,17,18)(H,14,15,19). The van der Waals surface area contributed by atoms with E-state index in [9.17, 15) is 9.59 Å². The lowest BCUT2D eigenvalue weighted by Crippen LogP contribution is -2.13. The summed E-state index contributed by atoms with van der Waals surface area (Å²) in [4.78, 5) is 27.5. The minimum atomic E-state index is -0.989. The number of rotatable bonds is 5. The third-order valence-corrected chi connectivity index (χ3v) is 3.83. The molecule has 0 atom stereocenters. The summed E-state index contributed by atoms with van der Waals surface area (Å²) in [5, 5.41) is 16.2. The van der Waals surface area contributed by atoms with Gasteiger partial charge in [0.15, 0.2) is 5.82 Å². The highest BCUT2D eigenvalue weighted by Gasteiger charge is 2.15. The molecule has 0 spiro atoms. The van der Waals surface area contributed by atoms with E-state index in [1.165, 1.54) is 22.2 Å². The lowest BCUT2D eigenvalue weighted by Gasteiger charge is -2.00. The molecule has 2 aromatic heterocycles. The van der Waals surface area contributed by atoms with Crippen molar-refractivity contribution in [1.29, 1.82) is 0 Å². The fraction of sp³-hybridized carbons (Fsp3) is 0.333. The van der Waals surface area contributed by atoms with Crippen molar-refractivity contribution >= 4 is 29.0 Å². The van der Waals surface area contributed by atoms with Crippen LogP contribution < -0.4 is 5.32 Å². The summed E-state index contributed by atoms with van der Waals surface area (Å²) < 4.78 is 1.24. The number of carboxylic acid groups (broad SMARTS) is 1. The van der Waals surface area contributed by atoms with Gasteiger partial charge in [-0.1, -0.05) is 6.92 Å². The van der Waals surface area contributed by atoms with E-state index in [1.54, 1.807) is 13.0 Å². The number of carboxylic acids is 1. The summed E-state index contributed by atoms with van der Waals surface area (Å²) in [5.41, 5.74) is 0.689. The van der Waals surface area contributed by atoms with Crippen LogP contribution in [0.4, 0.5) is 5.82 Å². The summed E-state index contributed by atoms with van der Waals surface area (Å²) in [5.74, 6) is -0.945. The number of hydrogen-bond acceptors (Lipinski definition) is 5. The van der Waals surface area contributed by atoms with Crippen molar-refractivity contribution < 1.29 is 14.7 Å². The Hall–Kier alpha value is -2.22. The molecule has 0 aromatic carbocycles. The van der Waals surface area contributed by atoms with Crippen molar-refractivity contribution in [2.24, 2.45) is 0 Å². The molecule has 2 heterocycles. The third kappa shape index (κ3) is 3.21. The van der Waals surface area contributed by atoms with Crippen molar-refractivity contribution in [3.05, 3.63) is 27.8 Å². The van der Waals surface area contributed by atoms with Crippen molar-refractivity contribution in [3.63, 3.8) is 0 Å². The molecule has 2 rings (SSSR count). The summed E-state index contributed by atoms with van der Waals surface area (Å²) in [6.07, 6.45) is 2.28. The number of carbonyl (C=O) groups is 2. The smallest absolute Gasteiger partial charge is 0.325 e. The van der Waals surface area contributed by atoms with Gasteiger partial charge in [-0.2, -0.15) is 5.10 Å². The van der Waals surface area contributed by atoms with Gasteiger partial charge in [0.1, 0.15) is 11.4 Å². The van der Waals surface area contributed by atoms with Gasteiger partial charge in [-0.05, 0) is 13.3 Å². The predicted molar refractivity (Wildman–Crippen MR) is 74.0 cm³/mol. The zero-order chi connectivity index (χ0) is 14.7. The Labute approximate surface area is 119 Å². The molecule has 0 aliphatic rings. The van der Waals surface area contributed by atoms with Crippen LogP contribution in [0, 0.1) is 6.92 Å². The van der Waals surface area contributed by atoms with Gasteiger partial charge in [0.05, 0.1) is 10.7 Å². The Bertz CT molecular complexity index is 647. The van der Waals surface area contributed by atoms with Crippen LogP contribution in [-0.2, 0) is 17.8 Å². The van der Waals surface area contributed by atoms with Crippen LogP contribution >= 0.6 is 11.3 Å². The topological polar surface area (TPSA) is 97.1 Å². The number of carbonyl (C=O) groups excluding carboxylic acids is 1. The van der Waals surface area contributed by atoms with E-state index >= 15 is 0 Å². The number of amides is 1. The van der Waals surface area contributed by atoms with Crippen molar-refractivity contribution in [1.82, 2.24) is 14.8 Å². The minimum absolute atomic E-state index is 0.241. The van der Waals surface area contributed by atoms with Gasteiger partial charge < -0.3 is 10.4 Å². The molecule has 0 fully saturated rings.